The van der Waals surface area contributed by atoms with E-state index in [1.54, 1.807) is 17.8 Å². The van der Waals surface area contributed by atoms with Crippen molar-refractivity contribution in [1.29, 1.82) is 0 Å². The number of nitrogens with one attached hydrogen (secondary N) is 2. The van der Waals surface area contributed by atoms with Gasteiger partial charge in [-0.15, -0.1) is 11.8 Å². The quantitative estimate of drug-likeness (QED) is 0.779. The highest BCUT2D eigenvalue weighted by atomic mass is 32.2. The lowest BCUT2D eigenvalue weighted by Crippen LogP contribution is -2.43. The highest BCUT2D eigenvalue weighted by Gasteiger charge is 2.23. The minimum Gasteiger partial charge on any atom is -0.391 e. The second-order valence-electron chi connectivity index (χ2n) is 5.68. The molecule has 1 aromatic carbocycles. The summed E-state index contributed by atoms with van der Waals surface area (Å²) in [7, 11) is 0. The minimum atomic E-state index is -0.553. The first kappa shape index (κ1) is 17.1. The molecule has 22 heavy (non-hydrogen) atoms. The van der Waals surface area contributed by atoms with Crippen LogP contribution in [0.4, 0.5) is 9.18 Å². The molecule has 0 radical (unpaired) electrons. The van der Waals surface area contributed by atoms with Crippen molar-refractivity contribution in [2.75, 3.05) is 12.3 Å². The van der Waals surface area contributed by atoms with E-state index in [0.717, 1.165) is 29.1 Å². The summed E-state index contributed by atoms with van der Waals surface area (Å²) in [4.78, 5) is 13.0. The third-order valence-electron chi connectivity index (χ3n) is 4.09. The highest BCUT2D eigenvalue weighted by molar-refractivity contribution is 7.99. The number of rotatable bonds is 5. The van der Waals surface area contributed by atoms with Crippen molar-refractivity contribution in [3.05, 3.63) is 29.6 Å². The smallest absolute Gasteiger partial charge is 0.315 e. The zero-order valence-corrected chi connectivity index (χ0v) is 13.8. The van der Waals surface area contributed by atoms with Gasteiger partial charge in [-0.1, -0.05) is 20.3 Å². The molecule has 0 aromatic heterocycles. The van der Waals surface area contributed by atoms with Crippen molar-refractivity contribution in [3.63, 3.8) is 0 Å². The molecule has 0 aliphatic carbocycles. The number of thioether (sulfide) groups is 1. The van der Waals surface area contributed by atoms with Gasteiger partial charge in [0.15, 0.2) is 0 Å². The van der Waals surface area contributed by atoms with Crippen molar-refractivity contribution < 1.29 is 14.3 Å². The van der Waals surface area contributed by atoms with Crippen LogP contribution >= 0.6 is 11.8 Å². The van der Waals surface area contributed by atoms with E-state index in [2.05, 4.69) is 10.6 Å². The van der Waals surface area contributed by atoms with E-state index in [4.69, 9.17) is 0 Å². The van der Waals surface area contributed by atoms with E-state index in [1.807, 2.05) is 13.8 Å². The monoisotopic (exact) mass is 326 g/mol. The lowest BCUT2D eigenvalue weighted by Gasteiger charge is -2.26. The first-order chi connectivity index (χ1) is 10.5. The Balaban J connectivity index is 1.92. The molecule has 0 spiro atoms. The largest absolute Gasteiger partial charge is 0.391 e. The number of hydrogen-bond donors (Lipinski definition) is 3. The molecule has 0 bridgehead atoms. The molecule has 0 fully saturated rings. The molecule has 2 rings (SSSR count). The number of amides is 2. The van der Waals surface area contributed by atoms with Gasteiger partial charge < -0.3 is 15.7 Å². The molecule has 4 nitrogen and oxygen atoms in total. The van der Waals surface area contributed by atoms with Gasteiger partial charge in [-0.25, -0.2) is 9.18 Å². The Kier molecular flexibility index (Phi) is 6.08. The Morgan fingerprint density at radius 2 is 2.32 bits per heavy atom. The van der Waals surface area contributed by atoms with Crippen LogP contribution in [-0.4, -0.2) is 29.5 Å². The zero-order valence-electron chi connectivity index (χ0n) is 12.9. The number of fused-ring (bicyclic) bond motifs is 1. The predicted octanol–water partition coefficient (Wildman–Crippen LogP) is 3.07. The number of aliphatic hydroxyl groups is 1. The van der Waals surface area contributed by atoms with Gasteiger partial charge in [-0.2, -0.15) is 0 Å². The molecule has 6 heteroatoms. The molecule has 3 atom stereocenters. The SMILES string of the molecule is CCC(C)C(O)CNC(=O)NC1CCSc2ccc(F)cc21. The predicted molar refractivity (Wildman–Crippen MR) is 86.5 cm³/mol. The molecular weight excluding hydrogens is 303 g/mol. The van der Waals surface area contributed by atoms with Gasteiger partial charge in [0, 0.05) is 17.2 Å². The fraction of sp³-hybridized carbons (Fsp3) is 0.562. The lowest BCUT2D eigenvalue weighted by atomic mass is 10.0. The van der Waals surface area contributed by atoms with E-state index in [1.165, 1.54) is 12.1 Å². The molecule has 0 saturated carbocycles. The van der Waals surface area contributed by atoms with Crippen molar-refractivity contribution >= 4 is 17.8 Å². The van der Waals surface area contributed by atoms with Crippen molar-refractivity contribution in [2.45, 2.75) is 43.7 Å². The van der Waals surface area contributed by atoms with Crippen LogP contribution in [0.25, 0.3) is 0 Å². The van der Waals surface area contributed by atoms with Gasteiger partial charge in [0.1, 0.15) is 5.82 Å². The van der Waals surface area contributed by atoms with Crippen LogP contribution < -0.4 is 10.6 Å². The zero-order chi connectivity index (χ0) is 16.1. The van der Waals surface area contributed by atoms with E-state index in [9.17, 15) is 14.3 Å². The van der Waals surface area contributed by atoms with Gasteiger partial charge in [-0.05, 0) is 36.1 Å². The molecule has 1 aliphatic heterocycles. The number of carbonyl (C=O) groups excluding carboxylic acids is 1. The summed E-state index contributed by atoms with van der Waals surface area (Å²) in [5.74, 6) is 0.737. The molecule has 1 aromatic rings. The maximum Gasteiger partial charge on any atom is 0.315 e. The number of halogens is 1. The van der Waals surface area contributed by atoms with Gasteiger partial charge in [0.05, 0.1) is 12.1 Å². The summed E-state index contributed by atoms with van der Waals surface area (Å²) in [5.41, 5.74) is 0.828. The normalized spacial score (nSPS) is 19.9. The summed E-state index contributed by atoms with van der Waals surface area (Å²) in [5, 5.41) is 15.4. The molecule has 122 valence electrons. The topological polar surface area (TPSA) is 61.4 Å². The van der Waals surface area contributed by atoms with Crippen LogP contribution in [0.2, 0.25) is 0 Å². The van der Waals surface area contributed by atoms with E-state index >= 15 is 0 Å². The molecule has 3 N–H and O–H groups in total. The van der Waals surface area contributed by atoms with E-state index in [0.29, 0.717) is 0 Å². The first-order valence-electron chi connectivity index (χ1n) is 7.66. The lowest BCUT2D eigenvalue weighted by molar-refractivity contribution is 0.114. The molecule has 1 heterocycles. The Morgan fingerprint density at radius 1 is 1.55 bits per heavy atom. The number of benzene rings is 1. The van der Waals surface area contributed by atoms with Crippen LogP contribution in [0.1, 0.15) is 38.3 Å². The number of aliphatic hydroxyl groups excluding tert-OH is 1. The van der Waals surface area contributed by atoms with Crippen LogP contribution in [0.5, 0.6) is 0 Å². The molecule has 1 aliphatic rings. The second-order valence-corrected chi connectivity index (χ2v) is 6.82. The fourth-order valence-corrected chi connectivity index (χ4v) is 3.50. The van der Waals surface area contributed by atoms with Crippen LogP contribution in [0.3, 0.4) is 0 Å². The Hall–Kier alpha value is -1.27. The third kappa shape index (κ3) is 4.36. The third-order valence-corrected chi connectivity index (χ3v) is 5.21. The summed E-state index contributed by atoms with van der Waals surface area (Å²) < 4.78 is 13.4. The standard InChI is InChI=1S/C16H23FN2O2S/c1-3-10(2)14(20)9-18-16(21)19-13-6-7-22-15-5-4-11(17)8-12(13)15/h4-5,8,10,13-14,20H,3,6-7,9H2,1-2H3,(H2,18,19,21). The Labute approximate surface area is 134 Å². The first-order valence-corrected chi connectivity index (χ1v) is 8.64. The Morgan fingerprint density at radius 3 is 3.05 bits per heavy atom. The fourth-order valence-electron chi connectivity index (χ4n) is 2.40. The summed E-state index contributed by atoms with van der Waals surface area (Å²) >= 11 is 1.68. The average Bonchev–Trinajstić information content (AvgIpc) is 2.52. The number of carbonyl (C=O) groups is 1. The molecule has 0 saturated heterocycles. The van der Waals surface area contributed by atoms with Gasteiger partial charge in [0.25, 0.3) is 0 Å². The van der Waals surface area contributed by atoms with E-state index in [-0.39, 0.29) is 30.4 Å². The van der Waals surface area contributed by atoms with Crippen molar-refractivity contribution in [3.8, 4) is 0 Å². The van der Waals surface area contributed by atoms with Gasteiger partial charge >= 0.3 is 6.03 Å². The highest BCUT2D eigenvalue weighted by Crippen LogP contribution is 2.36. The van der Waals surface area contributed by atoms with Gasteiger partial charge in [0.2, 0.25) is 0 Å². The van der Waals surface area contributed by atoms with Crippen LogP contribution in [0, 0.1) is 11.7 Å². The van der Waals surface area contributed by atoms with Crippen molar-refractivity contribution in [2.24, 2.45) is 5.92 Å². The van der Waals surface area contributed by atoms with Crippen LogP contribution in [-0.2, 0) is 0 Å². The van der Waals surface area contributed by atoms with Gasteiger partial charge in [-0.3, -0.25) is 0 Å². The minimum absolute atomic E-state index is 0.140. The Bertz CT molecular complexity index is 527. The average molecular weight is 326 g/mol. The summed E-state index contributed by atoms with van der Waals surface area (Å²) in [6.45, 7) is 4.17. The maximum absolute atomic E-state index is 13.4. The maximum atomic E-state index is 13.4. The second kappa shape index (κ2) is 7.83. The molecular formula is C16H23FN2O2S. The number of urea groups is 1. The molecule has 3 unspecified atom stereocenters. The molecule has 2 amide bonds. The van der Waals surface area contributed by atoms with Crippen molar-refractivity contribution in [1.82, 2.24) is 10.6 Å². The summed E-state index contributed by atoms with van der Waals surface area (Å²) in [6, 6.07) is 4.17. The summed E-state index contributed by atoms with van der Waals surface area (Å²) in [6.07, 6.45) is 1.07. The number of hydrogen-bond acceptors (Lipinski definition) is 3. The van der Waals surface area contributed by atoms with Crippen LogP contribution in [0.15, 0.2) is 23.1 Å². The van der Waals surface area contributed by atoms with E-state index < -0.39 is 6.10 Å².